The standard InChI is InChI=1S/C12H14N2/c1-10-4-3-5-12(8-10)9-14-7-6-11(2)13-14/h3-8H,9H2,1-2H3. The minimum absolute atomic E-state index is 0.857. The van der Waals surface area contributed by atoms with Crippen molar-refractivity contribution in [1.82, 2.24) is 9.78 Å². The Balaban J connectivity index is 2.18. The summed E-state index contributed by atoms with van der Waals surface area (Å²) in [5.41, 5.74) is 3.66. The summed E-state index contributed by atoms with van der Waals surface area (Å²) in [6.45, 7) is 4.97. The Morgan fingerprint density at radius 2 is 2.07 bits per heavy atom. The van der Waals surface area contributed by atoms with E-state index in [0.717, 1.165) is 12.2 Å². The predicted molar refractivity (Wildman–Crippen MR) is 57.2 cm³/mol. The monoisotopic (exact) mass is 186 g/mol. The molecule has 0 aliphatic heterocycles. The van der Waals surface area contributed by atoms with Gasteiger partial charge in [0.25, 0.3) is 0 Å². The summed E-state index contributed by atoms with van der Waals surface area (Å²) < 4.78 is 1.96. The van der Waals surface area contributed by atoms with Crippen molar-refractivity contribution in [3.05, 3.63) is 53.3 Å². The summed E-state index contributed by atoms with van der Waals surface area (Å²) in [6.07, 6.45) is 2.01. The van der Waals surface area contributed by atoms with Crippen LogP contribution < -0.4 is 0 Å². The predicted octanol–water partition coefficient (Wildman–Crippen LogP) is 2.55. The van der Waals surface area contributed by atoms with Gasteiger partial charge in [0.05, 0.1) is 12.2 Å². The van der Waals surface area contributed by atoms with Gasteiger partial charge in [-0.05, 0) is 25.5 Å². The first kappa shape index (κ1) is 9.00. The molecule has 0 atom stereocenters. The van der Waals surface area contributed by atoms with Crippen molar-refractivity contribution in [3.63, 3.8) is 0 Å². The van der Waals surface area contributed by atoms with Gasteiger partial charge in [-0.15, -0.1) is 0 Å². The maximum absolute atomic E-state index is 4.35. The maximum atomic E-state index is 4.35. The topological polar surface area (TPSA) is 17.8 Å². The lowest BCUT2D eigenvalue weighted by atomic mass is 10.1. The highest BCUT2D eigenvalue weighted by Gasteiger charge is 1.96. The van der Waals surface area contributed by atoms with E-state index in [0.29, 0.717) is 0 Å². The molecule has 0 spiro atoms. The molecular weight excluding hydrogens is 172 g/mol. The molecule has 0 unspecified atom stereocenters. The molecule has 2 aromatic rings. The Labute approximate surface area is 84.2 Å². The van der Waals surface area contributed by atoms with Gasteiger partial charge >= 0.3 is 0 Å². The van der Waals surface area contributed by atoms with Crippen LogP contribution in [-0.4, -0.2) is 9.78 Å². The lowest BCUT2D eigenvalue weighted by Crippen LogP contribution is -2.00. The van der Waals surface area contributed by atoms with Gasteiger partial charge in [0, 0.05) is 6.20 Å². The lowest BCUT2D eigenvalue weighted by Gasteiger charge is -2.02. The van der Waals surface area contributed by atoms with Crippen LogP contribution in [0.4, 0.5) is 0 Å². The molecule has 0 saturated heterocycles. The van der Waals surface area contributed by atoms with Crippen molar-refractivity contribution in [1.29, 1.82) is 0 Å². The molecule has 0 radical (unpaired) electrons. The van der Waals surface area contributed by atoms with E-state index in [2.05, 4.69) is 36.3 Å². The van der Waals surface area contributed by atoms with E-state index in [1.54, 1.807) is 0 Å². The summed E-state index contributed by atoms with van der Waals surface area (Å²) in [5, 5.41) is 4.35. The van der Waals surface area contributed by atoms with Crippen molar-refractivity contribution in [2.45, 2.75) is 20.4 Å². The third-order valence-corrected chi connectivity index (χ3v) is 2.20. The van der Waals surface area contributed by atoms with E-state index >= 15 is 0 Å². The Bertz CT molecular complexity index is 429. The fourth-order valence-corrected chi connectivity index (χ4v) is 1.55. The van der Waals surface area contributed by atoms with Crippen LogP contribution in [0, 0.1) is 13.8 Å². The molecule has 1 aromatic carbocycles. The molecule has 72 valence electrons. The van der Waals surface area contributed by atoms with Crippen LogP contribution in [0.3, 0.4) is 0 Å². The fourth-order valence-electron chi connectivity index (χ4n) is 1.55. The number of hydrogen-bond donors (Lipinski definition) is 0. The average molecular weight is 186 g/mol. The molecule has 0 N–H and O–H groups in total. The normalized spacial score (nSPS) is 10.4. The Morgan fingerprint density at radius 3 is 2.71 bits per heavy atom. The molecule has 14 heavy (non-hydrogen) atoms. The van der Waals surface area contributed by atoms with Crippen LogP contribution in [0.15, 0.2) is 36.5 Å². The fraction of sp³-hybridized carbons (Fsp3) is 0.250. The second-order valence-electron chi connectivity index (χ2n) is 3.64. The number of hydrogen-bond acceptors (Lipinski definition) is 1. The summed E-state index contributed by atoms with van der Waals surface area (Å²) >= 11 is 0. The van der Waals surface area contributed by atoms with Gasteiger partial charge in [-0.1, -0.05) is 29.8 Å². The van der Waals surface area contributed by atoms with Crippen molar-refractivity contribution >= 4 is 0 Å². The van der Waals surface area contributed by atoms with E-state index in [1.165, 1.54) is 11.1 Å². The third-order valence-electron chi connectivity index (χ3n) is 2.20. The number of nitrogens with zero attached hydrogens (tertiary/aromatic N) is 2. The summed E-state index contributed by atoms with van der Waals surface area (Å²) in [4.78, 5) is 0. The average Bonchev–Trinajstić information content (AvgIpc) is 2.51. The van der Waals surface area contributed by atoms with Crippen molar-refractivity contribution < 1.29 is 0 Å². The van der Waals surface area contributed by atoms with Crippen LogP contribution in [0.1, 0.15) is 16.8 Å². The number of aromatic nitrogens is 2. The summed E-state index contributed by atoms with van der Waals surface area (Å²) in [6, 6.07) is 10.5. The van der Waals surface area contributed by atoms with Gasteiger partial charge in [0.1, 0.15) is 0 Å². The molecule has 2 nitrogen and oxygen atoms in total. The number of rotatable bonds is 2. The molecule has 0 saturated carbocycles. The number of aryl methyl sites for hydroxylation is 2. The molecule has 1 heterocycles. The lowest BCUT2D eigenvalue weighted by molar-refractivity contribution is 0.679. The Hall–Kier alpha value is -1.57. The second-order valence-corrected chi connectivity index (χ2v) is 3.64. The molecule has 0 aliphatic carbocycles. The van der Waals surface area contributed by atoms with E-state index in [4.69, 9.17) is 0 Å². The van der Waals surface area contributed by atoms with Gasteiger partial charge < -0.3 is 0 Å². The van der Waals surface area contributed by atoms with Crippen LogP contribution in [0.25, 0.3) is 0 Å². The first-order valence-electron chi connectivity index (χ1n) is 4.79. The largest absolute Gasteiger partial charge is 0.268 e. The molecule has 0 fully saturated rings. The van der Waals surface area contributed by atoms with Crippen LogP contribution in [0.2, 0.25) is 0 Å². The maximum Gasteiger partial charge on any atom is 0.0659 e. The smallest absolute Gasteiger partial charge is 0.0659 e. The minimum atomic E-state index is 0.857. The van der Waals surface area contributed by atoms with Gasteiger partial charge in [-0.25, -0.2) is 0 Å². The highest BCUT2D eigenvalue weighted by Crippen LogP contribution is 2.06. The van der Waals surface area contributed by atoms with Crippen molar-refractivity contribution in [2.75, 3.05) is 0 Å². The summed E-state index contributed by atoms with van der Waals surface area (Å²) in [7, 11) is 0. The van der Waals surface area contributed by atoms with Crippen molar-refractivity contribution in [2.24, 2.45) is 0 Å². The first-order chi connectivity index (χ1) is 6.74. The van der Waals surface area contributed by atoms with Gasteiger partial charge in [-0.2, -0.15) is 5.10 Å². The Morgan fingerprint density at radius 1 is 1.21 bits per heavy atom. The van der Waals surface area contributed by atoms with Gasteiger partial charge in [-0.3, -0.25) is 4.68 Å². The van der Waals surface area contributed by atoms with Crippen LogP contribution >= 0.6 is 0 Å². The van der Waals surface area contributed by atoms with E-state index < -0.39 is 0 Å². The number of benzene rings is 1. The highest BCUT2D eigenvalue weighted by atomic mass is 15.3. The zero-order chi connectivity index (χ0) is 9.97. The molecule has 2 rings (SSSR count). The molecular formula is C12H14N2. The van der Waals surface area contributed by atoms with Gasteiger partial charge in [0.15, 0.2) is 0 Å². The molecule has 0 amide bonds. The molecule has 0 bridgehead atoms. The van der Waals surface area contributed by atoms with E-state index in [1.807, 2.05) is 23.9 Å². The minimum Gasteiger partial charge on any atom is -0.268 e. The second kappa shape index (κ2) is 3.66. The van der Waals surface area contributed by atoms with Crippen LogP contribution in [-0.2, 0) is 6.54 Å². The molecule has 2 heteroatoms. The van der Waals surface area contributed by atoms with Crippen molar-refractivity contribution in [3.8, 4) is 0 Å². The zero-order valence-corrected chi connectivity index (χ0v) is 8.57. The quantitative estimate of drug-likeness (QED) is 0.704. The van der Waals surface area contributed by atoms with Gasteiger partial charge in [0.2, 0.25) is 0 Å². The molecule has 1 aromatic heterocycles. The van der Waals surface area contributed by atoms with Crippen LogP contribution in [0.5, 0.6) is 0 Å². The third kappa shape index (κ3) is 2.02. The van der Waals surface area contributed by atoms with E-state index in [9.17, 15) is 0 Å². The first-order valence-corrected chi connectivity index (χ1v) is 4.79. The Kier molecular flexibility index (Phi) is 2.35. The zero-order valence-electron chi connectivity index (χ0n) is 8.57. The highest BCUT2D eigenvalue weighted by molar-refractivity contribution is 5.22. The molecule has 0 aliphatic rings. The summed E-state index contributed by atoms with van der Waals surface area (Å²) in [5.74, 6) is 0. The van der Waals surface area contributed by atoms with E-state index in [-0.39, 0.29) is 0 Å². The SMILES string of the molecule is Cc1cccc(Cn2ccc(C)n2)c1.